The van der Waals surface area contributed by atoms with Crippen LogP contribution >= 0.6 is 0 Å². The van der Waals surface area contributed by atoms with E-state index in [0.717, 1.165) is 0 Å². The lowest BCUT2D eigenvalue weighted by atomic mass is 10.3. The summed E-state index contributed by atoms with van der Waals surface area (Å²) in [5.41, 5.74) is 1.90. The number of sulfonamides is 1. The number of hydrogen-bond acceptors (Lipinski definition) is 5. The first-order valence-corrected chi connectivity index (χ1v) is 10.8. The van der Waals surface area contributed by atoms with Crippen LogP contribution in [0, 0.1) is 0 Å². The predicted octanol–water partition coefficient (Wildman–Crippen LogP) is 2.28. The van der Waals surface area contributed by atoms with E-state index < -0.39 is 10.0 Å². The van der Waals surface area contributed by atoms with Gasteiger partial charge in [0.1, 0.15) is 5.52 Å². The third-order valence-corrected chi connectivity index (χ3v) is 6.52. The average molecular weight is 417 g/mol. The summed E-state index contributed by atoms with van der Waals surface area (Å²) < 4.78 is 28.3. The van der Waals surface area contributed by atoms with Crippen LogP contribution in [0.25, 0.3) is 11.0 Å². The van der Waals surface area contributed by atoms with E-state index in [2.05, 4.69) is 20.9 Å². The fraction of sp³-hybridized carbons (Fsp3) is 0.316. The molecule has 1 aromatic heterocycles. The molecule has 29 heavy (non-hydrogen) atoms. The number of carbonyl (C=O) groups excluding carboxylic acids is 1. The van der Waals surface area contributed by atoms with Crippen LogP contribution in [-0.2, 0) is 16.6 Å². The molecule has 0 aliphatic rings. The molecule has 9 nitrogen and oxygen atoms in total. The first kappa shape index (κ1) is 20.7. The van der Waals surface area contributed by atoms with Gasteiger partial charge in [0.05, 0.1) is 17.0 Å². The molecule has 2 N–H and O–H groups in total. The van der Waals surface area contributed by atoms with E-state index in [1.807, 2.05) is 18.2 Å². The summed E-state index contributed by atoms with van der Waals surface area (Å²) in [5, 5.41) is 13.6. The van der Waals surface area contributed by atoms with Crippen molar-refractivity contribution in [2.75, 3.05) is 25.0 Å². The number of aromatic nitrogens is 3. The molecule has 0 fully saturated rings. The van der Waals surface area contributed by atoms with Crippen LogP contribution in [0.2, 0.25) is 0 Å². The van der Waals surface area contributed by atoms with Crippen LogP contribution in [0.3, 0.4) is 0 Å². The second kappa shape index (κ2) is 9.01. The van der Waals surface area contributed by atoms with Gasteiger partial charge in [-0.1, -0.05) is 37.3 Å². The number of anilines is 1. The Hall–Kier alpha value is -2.98. The SMILES string of the molecule is CCN(CC)S(=O)(=O)c1ccc2c(c1)nnn2CCNC(=O)Nc1ccccc1. The summed E-state index contributed by atoms with van der Waals surface area (Å²) >= 11 is 0. The monoisotopic (exact) mass is 416 g/mol. The van der Waals surface area contributed by atoms with Gasteiger partial charge in [-0.25, -0.2) is 17.9 Å². The standard InChI is InChI=1S/C19H24N6O3S/c1-3-24(4-2)29(27,28)16-10-11-18-17(14-16)22-23-25(18)13-12-20-19(26)21-15-8-6-5-7-9-15/h5-11,14H,3-4,12-13H2,1-2H3,(H2,20,21,26). The average Bonchev–Trinajstić information content (AvgIpc) is 3.12. The highest BCUT2D eigenvalue weighted by Crippen LogP contribution is 2.20. The Morgan fingerprint density at radius 3 is 2.52 bits per heavy atom. The van der Waals surface area contributed by atoms with Gasteiger partial charge in [0.2, 0.25) is 10.0 Å². The van der Waals surface area contributed by atoms with E-state index in [1.54, 1.807) is 42.8 Å². The minimum absolute atomic E-state index is 0.195. The minimum Gasteiger partial charge on any atom is -0.336 e. The molecule has 1 heterocycles. The lowest BCUT2D eigenvalue weighted by Crippen LogP contribution is -2.31. The van der Waals surface area contributed by atoms with Crippen LogP contribution in [-0.4, -0.2) is 53.4 Å². The molecule has 0 aliphatic carbocycles. The molecular formula is C19H24N6O3S. The van der Waals surface area contributed by atoms with Gasteiger partial charge in [0.25, 0.3) is 0 Å². The van der Waals surface area contributed by atoms with Gasteiger partial charge in [-0.05, 0) is 30.3 Å². The molecule has 2 amide bonds. The highest BCUT2D eigenvalue weighted by atomic mass is 32.2. The maximum Gasteiger partial charge on any atom is 0.319 e. The Kier molecular flexibility index (Phi) is 6.45. The van der Waals surface area contributed by atoms with Crippen LogP contribution in [0.5, 0.6) is 0 Å². The van der Waals surface area contributed by atoms with E-state index in [9.17, 15) is 13.2 Å². The minimum atomic E-state index is -3.55. The molecule has 0 atom stereocenters. The zero-order valence-electron chi connectivity index (χ0n) is 16.4. The summed E-state index contributed by atoms with van der Waals surface area (Å²) in [6.07, 6.45) is 0. The number of nitrogens with zero attached hydrogens (tertiary/aromatic N) is 4. The fourth-order valence-corrected chi connectivity index (χ4v) is 4.44. The molecule has 0 saturated carbocycles. The molecule has 0 aliphatic heterocycles. The van der Waals surface area contributed by atoms with Crippen molar-refractivity contribution in [3.8, 4) is 0 Å². The van der Waals surface area contributed by atoms with Crippen molar-refractivity contribution in [1.82, 2.24) is 24.6 Å². The van der Waals surface area contributed by atoms with Crippen LogP contribution in [0.4, 0.5) is 10.5 Å². The molecule has 0 unspecified atom stereocenters. The second-order valence-corrected chi connectivity index (χ2v) is 8.24. The zero-order chi connectivity index (χ0) is 20.9. The number of amides is 2. The summed E-state index contributed by atoms with van der Waals surface area (Å²) in [5.74, 6) is 0. The number of carbonyl (C=O) groups is 1. The number of urea groups is 1. The maximum atomic E-state index is 12.7. The van der Waals surface area contributed by atoms with Gasteiger partial charge >= 0.3 is 6.03 Å². The highest BCUT2D eigenvalue weighted by Gasteiger charge is 2.22. The number of para-hydroxylation sites is 1. The molecule has 3 aromatic rings. The fourth-order valence-electron chi connectivity index (χ4n) is 2.96. The maximum absolute atomic E-state index is 12.7. The first-order chi connectivity index (χ1) is 14.0. The number of benzene rings is 2. The third-order valence-electron chi connectivity index (χ3n) is 4.47. The summed E-state index contributed by atoms with van der Waals surface area (Å²) in [6, 6.07) is 13.6. The van der Waals surface area contributed by atoms with E-state index in [4.69, 9.17) is 0 Å². The largest absolute Gasteiger partial charge is 0.336 e. The molecular weight excluding hydrogens is 392 g/mol. The van der Waals surface area contributed by atoms with Gasteiger partial charge < -0.3 is 10.6 Å². The smallest absolute Gasteiger partial charge is 0.319 e. The quantitative estimate of drug-likeness (QED) is 0.586. The number of hydrogen-bond donors (Lipinski definition) is 2. The van der Waals surface area contributed by atoms with Crippen LogP contribution in [0.15, 0.2) is 53.4 Å². The Balaban J connectivity index is 1.65. The number of fused-ring (bicyclic) bond motifs is 1. The molecule has 3 rings (SSSR count). The van der Waals surface area contributed by atoms with Crippen molar-refractivity contribution < 1.29 is 13.2 Å². The van der Waals surface area contributed by atoms with Gasteiger partial charge in [0.15, 0.2) is 0 Å². The number of nitrogens with one attached hydrogen (secondary N) is 2. The van der Waals surface area contributed by atoms with Crippen LogP contribution < -0.4 is 10.6 Å². The molecule has 2 aromatic carbocycles. The molecule has 0 saturated heterocycles. The van der Waals surface area contributed by atoms with Gasteiger partial charge in [0, 0.05) is 25.3 Å². The molecule has 10 heteroatoms. The molecule has 0 spiro atoms. The molecule has 154 valence electrons. The third kappa shape index (κ3) is 4.72. The summed E-state index contributed by atoms with van der Waals surface area (Å²) in [7, 11) is -3.55. The van der Waals surface area contributed by atoms with Gasteiger partial charge in [-0.15, -0.1) is 5.10 Å². The Bertz CT molecular complexity index is 1080. The van der Waals surface area contributed by atoms with Gasteiger partial charge in [-0.3, -0.25) is 0 Å². The Morgan fingerprint density at radius 1 is 1.10 bits per heavy atom. The van der Waals surface area contributed by atoms with Gasteiger partial charge in [-0.2, -0.15) is 4.31 Å². The van der Waals surface area contributed by atoms with Crippen molar-refractivity contribution in [3.63, 3.8) is 0 Å². The van der Waals surface area contributed by atoms with E-state index in [0.29, 0.717) is 42.9 Å². The van der Waals surface area contributed by atoms with Crippen molar-refractivity contribution in [2.24, 2.45) is 0 Å². The summed E-state index contributed by atoms with van der Waals surface area (Å²) in [6.45, 7) is 5.16. The van der Waals surface area contributed by atoms with E-state index in [-0.39, 0.29) is 10.9 Å². The topological polar surface area (TPSA) is 109 Å². The first-order valence-electron chi connectivity index (χ1n) is 9.39. The second-order valence-electron chi connectivity index (χ2n) is 6.30. The summed E-state index contributed by atoms with van der Waals surface area (Å²) in [4.78, 5) is 12.1. The van der Waals surface area contributed by atoms with Crippen molar-refractivity contribution in [1.29, 1.82) is 0 Å². The van der Waals surface area contributed by atoms with Crippen molar-refractivity contribution in [3.05, 3.63) is 48.5 Å². The molecule has 0 radical (unpaired) electrons. The normalized spacial score (nSPS) is 11.7. The number of rotatable bonds is 8. The highest BCUT2D eigenvalue weighted by molar-refractivity contribution is 7.89. The van der Waals surface area contributed by atoms with Crippen molar-refractivity contribution >= 4 is 32.8 Å². The van der Waals surface area contributed by atoms with Crippen LogP contribution in [0.1, 0.15) is 13.8 Å². The molecule has 0 bridgehead atoms. The Labute approximate surface area is 169 Å². The van der Waals surface area contributed by atoms with E-state index in [1.165, 1.54) is 10.4 Å². The lowest BCUT2D eigenvalue weighted by molar-refractivity contribution is 0.251. The van der Waals surface area contributed by atoms with E-state index >= 15 is 0 Å². The Morgan fingerprint density at radius 2 is 1.83 bits per heavy atom. The predicted molar refractivity (Wildman–Crippen MR) is 111 cm³/mol. The lowest BCUT2D eigenvalue weighted by Gasteiger charge is -2.18. The van der Waals surface area contributed by atoms with Crippen molar-refractivity contribution in [2.45, 2.75) is 25.3 Å². The zero-order valence-corrected chi connectivity index (χ0v) is 17.2.